The van der Waals surface area contributed by atoms with E-state index in [1.54, 1.807) is 12.1 Å². The summed E-state index contributed by atoms with van der Waals surface area (Å²) in [5.74, 6) is -1.05. The van der Waals surface area contributed by atoms with Crippen molar-refractivity contribution in [3.63, 3.8) is 0 Å². The zero-order valence-corrected chi connectivity index (χ0v) is 12.6. The molecule has 1 heterocycles. The van der Waals surface area contributed by atoms with Crippen molar-refractivity contribution in [2.24, 2.45) is 0 Å². The Kier molecular flexibility index (Phi) is 4.22. The molecule has 25 heavy (non-hydrogen) atoms. The molecular weight excluding hydrogens is 339 g/mol. The summed E-state index contributed by atoms with van der Waals surface area (Å²) in [5, 5.41) is 2.49. The van der Waals surface area contributed by atoms with Crippen molar-refractivity contribution >= 4 is 22.6 Å². The number of hydrogen-bond donors (Lipinski definition) is 3. The molecule has 0 aliphatic heterocycles. The molecule has 0 fully saturated rings. The maximum Gasteiger partial charge on any atom is 0.419 e. The van der Waals surface area contributed by atoms with Crippen LogP contribution in [0.25, 0.3) is 11.0 Å². The van der Waals surface area contributed by atoms with E-state index in [9.17, 15) is 22.8 Å². The minimum absolute atomic E-state index is 0.375. The van der Waals surface area contributed by atoms with E-state index in [1.165, 1.54) is 18.2 Å². The first-order chi connectivity index (χ1) is 11.8. The normalized spacial score (nSPS) is 11.5. The minimum Gasteiger partial charge on any atom is -0.483 e. The SMILES string of the molecule is O=C(COc1ccccc1C(F)(F)F)Nc1ccc2[nH]c(=O)[nH]c2c1. The lowest BCUT2D eigenvalue weighted by atomic mass is 10.2. The van der Waals surface area contributed by atoms with Gasteiger partial charge in [-0.25, -0.2) is 4.79 Å². The number of para-hydroxylation sites is 1. The highest BCUT2D eigenvalue weighted by Gasteiger charge is 2.34. The monoisotopic (exact) mass is 351 g/mol. The van der Waals surface area contributed by atoms with Crippen LogP contribution in [0.5, 0.6) is 5.75 Å². The van der Waals surface area contributed by atoms with Crippen LogP contribution in [0.15, 0.2) is 47.3 Å². The van der Waals surface area contributed by atoms with Gasteiger partial charge in [-0.1, -0.05) is 12.1 Å². The van der Waals surface area contributed by atoms with Gasteiger partial charge >= 0.3 is 11.9 Å². The minimum atomic E-state index is -4.57. The zero-order chi connectivity index (χ0) is 18.0. The molecule has 3 aromatic rings. The number of halogens is 3. The average molecular weight is 351 g/mol. The molecular formula is C16H12F3N3O3. The maximum absolute atomic E-state index is 12.9. The number of aromatic nitrogens is 2. The number of carbonyl (C=O) groups excluding carboxylic acids is 1. The fourth-order valence-corrected chi connectivity index (χ4v) is 2.28. The highest BCUT2D eigenvalue weighted by atomic mass is 19.4. The first-order valence-electron chi connectivity index (χ1n) is 7.14. The fraction of sp³-hybridized carbons (Fsp3) is 0.125. The van der Waals surface area contributed by atoms with E-state index >= 15 is 0 Å². The molecule has 2 aromatic carbocycles. The first kappa shape index (κ1) is 16.6. The highest BCUT2D eigenvalue weighted by molar-refractivity contribution is 5.93. The number of nitrogens with one attached hydrogen (secondary N) is 3. The van der Waals surface area contributed by atoms with Crippen LogP contribution in [0.2, 0.25) is 0 Å². The molecule has 0 aliphatic carbocycles. The molecule has 1 amide bonds. The number of carbonyl (C=O) groups is 1. The maximum atomic E-state index is 12.9. The lowest BCUT2D eigenvalue weighted by Crippen LogP contribution is -2.21. The molecule has 130 valence electrons. The van der Waals surface area contributed by atoms with Gasteiger partial charge in [-0.3, -0.25) is 4.79 Å². The number of amides is 1. The van der Waals surface area contributed by atoms with Gasteiger partial charge in [-0.2, -0.15) is 13.2 Å². The molecule has 3 rings (SSSR count). The molecule has 0 saturated carbocycles. The van der Waals surface area contributed by atoms with Gasteiger partial charge in [0, 0.05) is 5.69 Å². The quantitative estimate of drug-likeness (QED) is 0.675. The Morgan fingerprint density at radius 1 is 1.08 bits per heavy atom. The Morgan fingerprint density at radius 2 is 1.80 bits per heavy atom. The Hall–Kier alpha value is -3.23. The van der Waals surface area contributed by atoms with E-state index in [2.05, 4.69) is 15.3 Å². The summed E-state index contributed by atoms with van der Waals surface area (Å²) >= 11 is 0. The molecule has 0 saturated heterocycles. The van der Waals surface area contributed by atoms with Crippen LogP contribution < -0.4 is 15.7 Å². The van der Waals surface area contributed by atoms with Gasteiger partial charge in [-0.05, 0) is 30.3 Å². The van der Waals surface area contributed by atoms with Crippen LogP contribution in [0, 0.1) is 0 Å². The topological polar surface area (TPSA) is 87.0 Å². The summed E-state index contributed by atoms with van der Waals surface area (Å²) in [6, 6.07) is 9.31. The van der Waals surface area contributed by atoms with Crippen LogP contribution in [0.3, 0.4) is 0 Å². The lowest BCUT2D eigenvalue weighted by Gasteiger charge is -2.13. The number of imidazole rings is 1. The van der Waals surface area contributed by atoms with E-state index in [0.29, 0.717) is 16.7 Å². The third-order valence-electron chi connectivity index (χ3n) is 3.35. The number of aromatic amines is 2. The molecule has 0 aliphatic rings. The lowest BCUT2D eigenvalue weighted by molar-refractivity contribution is -0.139. The number of alkyl halides is 3. The molecule has 1 aromatic heterocycles. The van der Waals surface area contributed by atoms with Crippen molar-refractivity contribution < 1.29 is 22.7 Å². The summed E-state index contributed by atoms with van der Waals surface area (Å²) in [7, 11) is 0. The van der Waals surface area contributed by atoms with Gasteiger partial charge in [0.05, 0.1) is 16.6 Å². The summed E-state index contributed by atoms with van der Waals surface area (Å²) in [5.41, 5.74) is 0.102. The summed E-state index contributed by atoms with van der Waals surface area (Å²) < 4.78 is 43.6. The van der Waals surface area contributed by atoms with Gasteiger partial charge < -0.3 is 20.0 Å². The molecule has 0 spiro atoms. The Morgan fingerprint density at radius 3 is 2.56 bits per heavy atom. The van der Waals surface area contributed by atoms with E-state index in [4.69, 9.17) is 4.74 Å². The summed E-state index contributed by atoms with van der Waals surface area (Å²) in [6.07, 6.45) is -4.57. The summed E-state index contributed by atoms with van der Waals surface area (Å²) in [4.78, 5) is 28.2. The van der Waals surface area contributed by atoms with Crippen LogP contribution in [-0.2, 0) is 11.0 Å². The largest absolute Gasteiger partial charge is 0.483 e. The molecule has 0 bridgehead atoms. The number of H-pyrrole nitrogens is 2. The molecule has 0 unspecified atom stereocenters. The number of ether oxygens (including phenoxy) is 1. The number of benzene rings is 2. The van der Waals surface area contributed by atoms with Crippen LogP contribution in [0.4, 0.5) is 18.9 Å². The van der Waals surface area contributed by atoms with E-state index in [-0.39, 0.29) is 5.69 Å². The second-order valence-corrected chi connectivity index (χ2v) is 5.17. The zero-order valence-electron chi connectivity index (χ0n) is 12.6. The van der Waals surface area contributed by atoms with Crippen molar-refractivity contribution in [2.45, 2.75) is 6.18 Å². The van der Waals surface area contributed by atoms with Crippen LogP contribution in [-0.4, -0.2) is 22.5 Å². The number of rotatable bonds is 4. The molecule has 3 N–H and O–H groups in total. The predicted octanol–water partition coefficient (Wildman–Crippen LogP) is 2.89. The number of hydrogen-bond acceptors (Lipinski definition) is 3. The van der Waals surface area contributed by atoms with Gasteiger partial charge in [0.1, 0.15) is 5.75 Å². The molecule has 0 radical (unpaired) electrons. The van der Waals surface area contributed by atoms with Crippen molar-refractivity contribution in [3.05, 3.63) is 58.5 Å². The third-order valence-corrected chi connectivity index (χ3v) is 3.35. The average Bonchev–Trinajstić information content (AvgIpc) is 2.91. The Bertz CT molecular complexity index is 976. The predicted molar refractivity (Wildman–Crippen MR) is 84.5 cm³/mol. The van der Waals surface area contributed by atoms with E-state index in [1.807, 2.05) is 0 Å². The number of anilines is 1. The second-order valence-electron chi connectivity index (χ2n) is 5.17. The standard InChI is InChI=1S/C16H12F3N3O3/c17-16(18,19)10-3-1-2-4-13(10)25-8-14(23)20-9-5-6-11-12(7-9)22-15(24)21-11/h1-7H,8H2,(H,20,23)(H2,21,22,24). The van der Waals surface area contributed by atoms with Gasteiger partial charge in [0.15, 0.2) is 6.61 Å². The van der Waals surface area contributed by atoms with Gasteiger partial charge in [0.2, 0.25) is 0 Å². The van der Waals surface area contributed by atoms with Crippen molar-refractivity contribution in [1.29, 1.82) is 0 Å². The third kappa shape index (κ3) is 3.82. The van der Waals surface area contributed by atoms with E-state index in [0.717, 1.165) is 12.1 Å². The van der Waals surface area contributed by atoms with Gasteiger partial charge in [-0.15, -0.1) is 0 Å². The van der Waals surface area contributed by atoms with Crippen LogP contribution >= 0.6 is 0 Å². The Labute approximate surface area is 138 Å². The fourth-order valence-electron chi connectivity index (χ4n) is 2.28. The molecule has 0 atom stereocenters. The molecule has 9 heteroatoms. The second kappa shape index (κ2) is 6.34. The van der Waals surface area contributed by atoms with E-state index < -0.39 is 30.0 Å². The van der Waals surface area contributed by atoms with Gasteiger partial charge in [0.25, 0.3) is 5.91 Å². The van der Waals surface area contributed by atoms with Crippen molar-refractivity contribution in [1.82, 2.24) is 9.97 Å². The highest BCUT2D eigenvalue weighted by Crippen LogP contribution is 2.35. The first-order valence-corrected chi connectivity index (χ1v) is 7.14. The van der Waals surface area contributed by atoms with Crippen LogP contribution in [0.1, 0.15) is 5.56 Å². The molecule has 6 nitrogen and oxygen atoms in total. The van der Waals surface area contributed by atoms with Crippen molar-refractivity contribution in [2.75, 3.05) is 11.9 Å². The Balaban J connectivity index is 1.68. The number of fused-ring (bicyclic) bond motifs is 1. The van der Waals surface area contributed by atoms with Crippen molar-refractivity contribution in [3.8, 4) is 5.75 Å². The summed E-state index contributed by atoms with van der Waals surface area (Å²) in [6.45, 7) is -0.589. The smallest absolute Gasteiger partial charge is 0.419 e.